The second kappa shape index (κ2) is 5.65. The molecule has 1 fully saturated rings. The van der Waals surface area contributed by atoms with Gasteiger partial charge in [-0.3, -0.25) is 0 Å². The molecule has 0 spiro atoms. The third-order valence-corrected chi connectivity index (χ3v) is 5.79. The van der Waals surface area contributed by atoms with Crippen LogP contribution < -0.4 is 5.32 Å². The average molecular weight is 302 g/mol. The van der Waals surface area contributed by atoms with Crippen LogP contribution in [0.5, 0.6) is 0 Å². The minimum atomic E-state index is 0.907. The first-order valence-corrected chi connectivity index (χ1v) is 7.73. The normalized spacial score (nSPS) is 25.2. The van der Waals surface area contributed by atoms with E-state index < -0.39 is 0 Å². The fourth-order valence-electron chi connectivity index (χ4n) is 2.51. The highest BCUT2D eigenvalue weighted by Gasteiger charge is 2.22. The van der Waals surface area contributed by atoms with Crippen LogP contribution in [-0.4, -0.2) is 6.54 Å². The van der Waals surface area contributed by atoms with E-state index in [1.165, 1.54) is 40.0 Å². The maximum absolute atomic E-state index is 3.60. The number of hydrogen-bond acceptors (Lipinski definition) is 2. The van der Waals surface area contributed by atoms with E-state index in [0.717, 1.165) is 18.4 Å². The van der Waals surface area contributed by atoms with Gasteiger partial charge in [0.25, 0.3) is 0 Å². The molecule has 1 N–H and O–H groups in total. The van der Waals surface area contributed by atoms with Gasteiger partial charge < -0.3 is 5.32 Å². The molecule has 0 bridgehead atoms. The first kappa shape index (κ1) is 12.6. The van der Waals surface area contributed by atoms with Crippen LogP contribution in [0.1, 0.15) is 35.9 Å². The molecule has 1 nitrogen and oxygen atoms in total. The molecule has 1 aliphatic rings. The molecule has 1 aromatic heterocycles. The van der Waals surface area contributed by atoms with Gasteiger partial charge in [0.1, 0.15) is 0 Å². The number of nitrogens with one attached hydrogen (secondary N) is 1. The Bertz CT molecular complexity index is 328. The molecular weight excluding hydrogens is 282 g/mol. The van der Waals surface area contributed by atoms with Crippen molar-refractivity contribution in [3.8, 4) is 0 Å². The summed E-state index contributed by atoms with van der Waals surface area (Å²) in [4.78, 5) is 2.82. The Morgan fingerprint density at radius 2 is 2.31 bits per heavy atom. The van der Waals surface area contributed by atoms with Gasteiger partial charge in [-0.1, -0.05) is 19.8 Å². The fourth-order valence-corrected chi connectivity index (χ4v) is 4.08. The van der Waals surface area contributed by atoms with Gasteiger partial charge in [0.05, 0.1) is 0 Å². The van der Waals surface area contributed by atoms with Gasteiger partial charge in [0.15, 0.2) is 0 Å². The predicted octanol–water partition coefficient (Wildman–Crippen LogP) is 4.34. The molecule has 0 radical (unpaired) electrons. The number of thiophene rings is 1. The van der Waals surface area contributed by atoms with E-state index in [9.17, 15) is 0 Å². The van der Waals surface area contributed by atoms with Crippen molar-refractivity contribution in [2.45, 2.75) is 39.7 Å². The van der Waals surface area contributed by atoms with Crippen LogP contribution in [0.25, 0.3) is 0 Å². The first-order valence-electron chi connectivity index (χ1n) is 6.12. The van der Waals surface area contributed by atoms with Crippen molar-refractivity contribution < 1.29 is 0 Å². The zero-order valence-electron chi connectivity index (χ0n) is 10.1. The highest BCUT2D eigenvalue weighted by molar-refractivity contribution is 9.10. The van der Waals surface area contributed by atoms with E-state index in [0.29, 0.717) is 0 Å². The van der Waals surface area contributed by atoms with Crippen molar-refractivity contribution >= 4 is 27.3 Å². The van der Waals surface area contributed by atoms with Crippen LogP contribution in [0.4, 0.5) is 0 Å². The predicted molar refractivity (Wildman–Crippen MR) is 75.0 cm³/mol. The van der Waals surface area contributed by atoms with E-state index >= 15 is 0 Å². The van der Waals surface area contributed by atoms with Crippen LogP contribution in [0.15, 0.2) is 10.5 Å². The van der Waals surface area contributed by atoms with Crippen LogP contribution in [0, 0.1) is 18.8 Å². The summed E-state index contributed by atoms with van der Waals surface area (Å²) < 4.78 is 1.25. The molecule has 1 heterocycles. The van der Waals surface area contributed by atoms with Crippen LogP contribution in [-0.2, 0) is 6.54 Å². The van der Waals surface area contributed by atoms with Gasteiger partial charge >= 0.3 is 0 Å². The molecule has 0 saturated heterocycles. The summed E-state index contributed by atoms with van der Waals surface area (Å²) in [6.45, 7) is 6.78. The number of hydrogen-bond donors (Lipinski definition) is 1. The molecule has 1 aromatic rings. The van der Waals surface area contributed by atoms with Crippen molar-refractivity contribution in [2.75, 3.05) is 6.54 Å². The van der Waals surface area contributed by atoms with Crippen LogP contribution in [0.2, 0.25) is 0 Å². The summed E-state index contributed by atoms with van der Waals surface area (Å²) in [5.41, 5.74) is 0. The van der Waals surface area contributed by atoms with Gasteiger partial charge in [0, 0.05) is 20.8 Å². The van der Waals surface area contributed by atoms with Gasteiger partial charge in [-0.15, -0.1) is 11.3 Å². The number of halogens is 1. The SMILES string of the molecule is Cc1sc(CNCC2CCCC2C)cc1Br. The lowest BCUT2D eigenvalue weighted by molar-refractivity contribution is 0.392. The van der Waals surface area contributed by atoms with Crippen molar-refractivity contribution in [3.63, 3.8) is 0 Å². The molecular formula is C13H20BrNS. The quantitative estimate of drug-likeness (QED) is 0.872. The molecule has 2 unspecified atom stereocenters. The van der Waals surface area contributed by atoms with Crippen molar-refractivity contribution in [2.24, 2.45) is 11.8 Å². The maximum atomic E-state index is 3.60. The number of rotatable bonds is 4. The summed E-state index contributed by atoms with van der Waals surface area (Å²) in [6.07, 6.45) is 4.27. The molecule has 0 aromatic carbocycles. The summed E-state index contributed by atoms with van der Waals surface area (Å²) in [5.74, 6) is 1.83. The molecule has 3 heteroatoms. The zero-order chi connectivity index (χ0) is 11.5. The third-order valence-electron chi connectivity index (χ3n) is 3.65. The Morgan fingerprint density at radius 3 is 2.88 bits per heavy atom. The van der Waals surface area contributed by atoms with E-state index in [1.807, 2.05) is 11.3 Å². The molecule has 2 rings (SSSR count). The van der Waals surface area contributed by atoms with E-state index in [1.54, 1.807) is 0 Å². The fraction of sp³-hybridized carbons (Fsp3) is 0.692. The van der Waals surface area contributed by atoms with Crippen LogP contribution in [0.3, 0.4) is 0 Å². The second-order valence-corrected chi connectivity index (χ2v) is 7.11. The van der Waals surface area contributed by atoms with Gasteiger partial charge in [-0.25, -0.2) is 0 Å². The summed E-state index contributed by atoms with van der Waals surface area (Å²) in [7, 11) is 0. The average Bonchev–Trinajstić information content (AvgIpc) is 2.76. The molecule has 2 atom stereocenters. The lowest BCUT2D eigenvalue weighted by Crippen LogP contribution is -2.23. The molecule has 90 valence electrons. The molecule has 1 aliphatic carbocycles. The van der Waals surface area contributed by atoms with Crippen LogP contribution >= 0.6 is 27.3 Å². The van der Waals surface area contributed by atoms with Crippen molar-refractivity contribution in [1.29, 1.82) is 0 Å². The Labute approximate surface area is 111 Å². The van der Waals surface area contributed by atoms with Crippen molar-refractivity contribution in [3.05, 3.63) is 20.3 Å². The lowest BCUT2D eigenvalue weighted by atomic mass is 9.98. The summed E-state index contributed by atoms with van der Waals surface area (Å²) >= 11 is 5.45. The minimum Gasteiger partial charge on any atom is -0.312 e. The summed E-state index contributed by atoms with van der Waals surface area (Å²) in [5, 5.41) is 3.60. The molecule has 16 heavy (non-hydrogen) atoms. The maximum Gasteiger partial charge on any atom is 0.0314 e. The Hall–Kier alpha value is 0.140. The topological polar surface area (TPSA) is 12.0 Å². The smallest absolute Gasteiger partial charge is 0.0314 e. The van der Waals surface area contributed by atoms with E-state index in [-0.39, 0.29) is 0 Å². The van der Waals surface area contributed by atoms with Gasteiger partial charge in [0.2, 0.25) is 0 Å². The molecule has 0 amide bonds. The minimum absolute atomic E-state index is 0.907. The monoisotopic (exact) mass is 301 g/mol. The van der Waals surface area contributed by atoms with Gasteiger partial charge in [-0.2, -0.15) is 0 Å². The van der Waals surface area contributed by atoms with E-state index in [2.05, 4.69) is 41.2 Å². The molecule has 0 aliphatic heterocycles. The van der Waals surface area contributed by atoms with E-state index in [4.69, 9.17) is 0 Å². The highest BCUT2D eigenvalue weighted by Crippen LogP contribution is 2.31. The number of aryl methyl sites for hydroxylation is 1. The first-order chi connectivity index (χ1) is 7.66. The lowest BCUT2D eigenvalue weighted by Gasteiger charge is -2.15. The zero-order valence-corrected chi connectivity index (χ0v) is 12.5. The largest absolute Gasteiger partial charge is 0.312 e. The third kappa shape index (κ3) is 3.08. The Kier molecular flexibility index (Phi) is 4.45. The van der Waals surface area contributed by atoms with Gasteiger partial charge in [-0.05, 0) is 53.7 Å². The highest BCUT2D eigenvalue weighted by atomic mass is 79.9. The molecule has 1 saturated carbocycles. The standard InChI is InChI=1S/C13H20BrNS/c1-9-4-3-5-11(9)7-15-8-12-6-13(14)10(2)16-12/h6,9,11,15H,3-5,7-8H2,1-2H3. The summed E-state index contributed by atoms with van der Waals surface area (Å²) in [6, 6.07) is 2.24. The second-order valence-electron chi connectivity index (χ2n) is 4.92. The Balaban J connectivity index is 1.75. The van der Waals surface area contributed by atoms with Crippen molar-refractivity contribution in [1.82, 2.24) is 5.32 Å². The Morgan fingerprint density at radius 1 is 1.50 bits per heavy atom.